The molecular weight excluding hydrogens is 452 g/mol. The topological polar surface area (TPSA) is 66.6 Å². The molecule has 0 unspecified atom stereocenters. The summed E-state index contributed by atoms with van der Waals surface area (Å²) in [6.07, 6.45) is 5.42. The van der Waals surface area contributed by atoms with Crippen LogP contribution in [0.1, 0.15) is 0 Å². The van der Waals surface area contributed by atoms with E-state index in [9.17, 15) is 0 Å². The first kappa shape index (κ1) is 18.2. The molecule has 0 aliphatic heterocycles. The summed E-state index contributed by atoms with van der Waals surface area (Å²) >= 11 is 0. The van der Waals surface area contributed by atoms with Crippen molar-refractivity contribution in [2.75, 3.05) is 0 Å². The largest absolute Gasteiger partial charge is 0.447 e. The Morgan fingerprint density at radius 3 is 2.03 bits per heavy atom. The van der Waals surface area contributed by atoms with Crippen molar-refractivity contribution in [3.8, 4) is 11.6 Å². The Balaban J connectivity index is 1.31. The van der Waals surface area contributed by atoms with E-state index in [0.717, 1.165) is 60.7 Å². The molecule has 0 saturated heterocycles. The minimum atomic E-state index is 0.523. The third-order valence-electron chi connectivity index (χ3n) is 7.12. The number of furan rings is 2. The van der Waals surface area contributed by atoms with Gasteiger partial charge in [-0.1, -0.05) is 36.4 Å². The Bertz CT molecular complexity index is 2280. The van der Waals surface area contributed by atoms with Crippen LogP contribution in [0, 0.1) is 0 Å². The van der Waals surface area contributed by atoms with Crippen molar-refractivity contribution < 1.29 is 13.3 Å². The van der Waals surface area contributed by atoms with Crippen molar-refractivity contribution >= 4 is 60.9 Å². The molecule has 0 amide bonds. The molecule has 0 radical (unpaired) electrons. The van der Waals surface area contributed by atoms with Gasteiger partial charge in [0.15, 0.2) is 0 Å². The summed E-state index contributed by atoms with van der Waals surface area (Å²) in [7, 11) is 0. The number of para-hydroxylation sites is 2. The highest BCUT2D eigenvalue weighted by Gasteiger charge is 2.20. The van der Waals surface area contributed by atoms with E-state index in [1.165, 1.54) is 0 Å². The zero-order chi connectivity index (χ0) is 23.4. The van der Waals surface area contributed by atoms with E-state index in [4.69, 9.17) is 18.2 Å². The lowest BCUT2D eigenvalue weighted by atomic mass is 10.2. The Morgan fingerprint density at radius 1 is 0.611 bits per heavy atom. The summed E-state index contributed by atoms with van der Waals surface area (Å²) in [4.78, 5) is 4.75. The normalized spacial score (nSPS) is 12.4. The van der Waals surface area contributed by atoms with E-state index in [0.29, 0.717) is 11.7 Å². The fourth-order valence-electron chi connectivity index (χ4n) is 5.57. The monoisotopic (exact) mass is 468 g/mol. The van der Waals surface area contributed by atoms with Crippen molar-refractivity contribution in [3.05, 3.63) is 97.6 Å². The van der Waals surface area contributed by atoms with Crippen LogP contribution in [0.15, 0.2) is 111 Å². The average Bonchev–Trinajstić information content (AvgIpc) is 3.72. The number of hydrogen-bond acceptors (Lipinski definition) is 4. The lowest BCUT2D eigenvalue weighted by Crippen LogP contribution is -1.94. The van der Waals surface area contributed by atoms with Crippen molar-refractivity contribution in [2.24, 2.45) is 0 Å². The molecule has 6 heterocycles. The average molecular weight is 468 g/mol. The fraction of sp³-hybridized carbons (Fsp3) is 0. The maximum absolute atomic E-state index is 6.27. The molecule has 7 nitrogen and oxygen atoms in total. The van der Waals surface area contributed by atoms with Crippen LogP contribution in [0.5, 0.6) is 0 Å². The number of fused-ring (bicyclic) bond motifs is 9. The first-order chi connectivity index (χ1) is 17.8. The maximum atomic E-state index is 6.27. The van der Waals surface area contributed by atoms with E-state index >= 15 is 0 Å². The number of aromatic nitrogens is 4. The van der Waals surface area contributed by atoms with Crippen molar-refractivity contribution in [1.82, 2.24) is 18.5 Å². The van der Waals surface area contributed by atoms with Gasteiger partial charge in [-0.15, -0.1) is 0 Å². The first-order valence-electron chi connectivity index (χ1n) is 11.7. The summed E-state index contributed by atoms with van der Waals surface area (Å²) < 4.78 is 24.2. The van der Waals surface area contributed by atoms with E-state index in [1.807, 2.05) is 51.6 Å². The van der Waals surface area contributed by atoms with E-state index in [1.54, 1.807) is 12.5 Å². The number of hydrogen-bond donors (Lipinski definition) is 0. The van der Waals surface area contributed by atoms with Gasteiger partial charge < -0.3 is 13.3 Å². The van der Waals surface area contributed by atoms with Gasteiger partial charge in [0, 0.05) is 21.5 Å². The molecule has 6 aromatic heterocycles. The van der Waals surface area contributed by atoms with E-state index < -0.39 is 0 Å². The third kappa shape index (κ3) is 2.15. The quantitative estimate of drug-likeness (QED) is 0.264. The summed E-state index contributed by atoms with van der Waals surface area (Å²) in [5.41, 5.74) is 6.49. The van der Waals surface area contributed by atoms with Crippen LogP contribution >= 0.6 is 0 Å². The predicted molar refractivity (Wildman–Crippen MR) is 138 cm³/mol. The number of imidazole rings is 1. The van der Waals surface area contributed by atoms with Crippen LogP contribution in [-0.2, 0) is 0 Å². The van der Waals surface area contributed by atoms with E-state index in [2.05, 4.69) is 47.0 Å². The smallest absolute Gasteiger partial charge is 0.308 e. The number of nitrogens with zero attached hydrogens (tertiary/aromatic N) is 4. The van der Waals surface area contributed by atoms with Gasteiger partial charge in [0.1, 0.15) is 0 Å². The van der Waals surface area contributed by atoms with Gasteiger partial charge in [-0.2, -0.15) is 4.98 Å². The van der Waals surface area contributed by atoms with Crippen LogP contribution in [0.25, 0.3) is 72.5 Å². The SMILES string of the molecule is c1ccc2c(c1)c1ccoc1n2-c1ccc2nc3oc(-n4c5ccccc5c5ccoc54)cn3c2c1. The van der Waals surface area contributed by atoms with Crippen molar-refractivity contribution in [2.45, 2.75) is 0 Å². The molecule has 3 aromatic carbocycles. The van der Waals surface area contributed by atoms with E-state index in [-0.39, 0.29) is 0 Å². The third-order valence-corrected chi connectivity index (χ3v) is 7.12. The number of oxazole rings is 1. The van der Waals surface area contributed by atoms with Crippen molar-refractivity contribution in [1.29, 1.82) is 0 Å². The van der Waals surface area contributed by atoms with Gasteiger partial charge in [0.2, 0.25) is 17.3 Å². The van der Waals surface area contributed by atoms with Gasteiger partial charge in [0.25, 0.3) is 0 Å². The standard InChI is InChI=1S/C29H16N4O3/c1-3-7-23-18(5-1)20-11-13-34-27(20)32(23)17-9-10-22-25(15-17)31-16-26(36-29(31)30-22)33-24-8-4-2-6-19(24)21-12-14-35-28(21)33/h1-16H. The number of rotatable bonds is 2. The highest BCUT2D eigenvalue weighted by molar-refractivity contribution is 6.08. The highest BCUT2D eigenvalue weighted by Crippen LogP contribution is 2.36. The lowest BCUT2D eigenvalue weighted by Gasteiger charge is -2.06. The second-order valence-corrected chi connectivity index (χ2v) is 8.99. The zero-order valence-corrected chi connectivity index (χ0v) is 18.8. The molecule has 9 aromatic rings. The zero-order valence-electron chi connectivity index (χ0n) is 18.8. The van der Waals surface area contributed by atoms with Crippen molar-refractivity contribution in [3.63, 3.8) is 0 Å². The van der Waals surface area contributed by atoms with Crippen LogP contribution in [0.4, 0.5) is 0 Å². The molecule has 7 heteroatoms. The second kappa shape index (κ2) is 6.28. The second-order valence-electron chi connectivity index (χ2n) is 8.99. The van der Waals surface area contributed by atoms with Gasteiger partial charge in [0.05, 0.1) is 46.5 Å². The predicted octanol–water partition coefficient (Wildman–Crippen LogP) is 7.46. The summed E-state index contributed by atoms with van der Waals surface area (Å²) in [5.74, 6) is 1.17. The first-order valence-corrected chi connectivity index (χ1v) is 11.7. The molecular formula is C29H16N4O3. The fourth-order valence-corrected chi connectivity index (χ4v) is 5.57. The summed E-state index contributed by atoms with van der Waals surface area (Å²) in [6.45, 7) is 0. The molecule has 9 rings (SSSR count). The minimum Gasteiger partial charge on any atom is -0.447 e. The van der Waals surface area contributed by atoms with Gasteiger partial charge in [-0.3, -0.25) is 8.97 Å². The highest BCUT2D eigenvalue weighted by atomic mass is 16.4. The molecule has 0 saturated carbocycles. The molecule has 0 spiro atoms. The molecule has 0 aliphatic carbocycles. The Kier molecular flexibility index (Phi) is 3.17. The maximum Gasteiger partial charge on any atom is 0.308 e. The van der Waals surface area contributed by atoms with Gasteiger partial charge >= 0.3 is 5.84 Å². The Labute approximate surface area is 202 Å². The molecule has 0 N–H and O–H groups in total. The van der Waals surface area contributed by atoms with Gasteiger partial charge in [-0.05, 0) is 42.5 Å². The molecule has 0 aliphatic rings. The van der Waals surface area contributed by atoms with Crippen LogP contribution in [0.3, 0.4) is 0 Å². The minimum absolute atomic E-state index is 0.523. The molecule has 36 heavy (non-hydrogen) atoms. The molecule has 170 valence electrons. The lowest BCUT2D eigenvalue weighted by molar-refractivity contribution is 0.547. The van der Waals surface area contributed by atoms with Crippen LogP contribution in [-0.4, -0.2) is 18.5 Å². The van der Waals surface area contributed by atoms with Gasteiger partial charge in [-0.25, -0.2) is 4.57 Å². The Morgan fingerprint density at radius 2 is 1.28 bits per heavy atom. The Hall–Kier alpha value is -5.17. The summed E-state index contributed by atoms with van der Waals surface area (Å²) in [5, 5.41) is 4.42. The van der Waals surface area contributed by atoms with Crippen LogP contribution in [0.2, 0.25) is 0 Å². The molecule has 0 fully saturated rings. The number of benzene rings is 3. The molecule has 0 bridgehead atoms. The summed E-state index contributed by atoms with van der Waals surface area (Å²) in [6, 6.07) is 26.8. The molecule has 0 atom stereocenters. The van der Waals surface area contributed by atoms with Crippen LogP contribution < -0.4 is 0 Å².